The van der Waals surface area contributed by atoms with E-state index in [9.17, 15) is 0 Å². The predicted molar refractivity (Wildman–Crippen MR) is 62.2 cm³/mol. The molecular formula is C13H19NO. The standard InChI is InChI=1S/C13H19NO/c1-14-9-5-6-12(10-14)11-15-13-7-3-2-4-8-13/h2-4,7-8,12H,5-6,9-11H2,1H3. The molecule has 2 heteroatoms. The van der Waals surface area contributed by atoms with Crippen molar-refractivity contribution in [1.29, 1.82) is 0 Å². The Balaban J connectivity index is 1.78. The highest BCUT2D eigenvalue weighted by Gasteiger charge is 2.17. The maximum absolute atomic E-state index is 5.77. The van der Waals surface area contributed by atoms with E-state index < -0.39 is 0 Å². The van der Waals surface area contributed by atoms with Crippen LogP contribution in [0.5, 0.6) is 5.75 Å². The fraction of sp³-hybridized carbons (Fsp3) is 0.538. The van der Waals surface area contributed by atoms with Crippen molar-refractivity contribution >= 4 is 0 Å². The first-order valence-electron chi connectivity index (χ1n) is 5.71. The van der Waals surface area contributed by atoms with Crippen molar-refractivity contribution in [1.82, 2.24) is 4.90 Å². The zero-order chi connectivity index (χ0) is 10.5. The van der Waals surface area contributed by atoms with Gasteiger partial charge in [0, 0.05) is 12.5 Å². The lowest BCUT2D eigenvalue weighted by Crippen LogP contribution is -2.34. The number of ether oxygens (including phenoxy) is 1. The number of benzene rings is 1. The summed E-state index contributed by atoms with van der Waals surface area (Å²) in [5.41, 5.74) is 0. The molecule has 1 aromatic carbocycles. The summed E-state index contributed by atoms with van der Waals surface area (Å²) >= 11 is 0. The molecule has 1 aromatic rings. The second kappa shape index (κ2) is 5.17. The third-order valence-corrected chi connectivity index (χ3v) is 2.95. The monoisotopic (exact) mass is 205 g/mol. The van der Waals surface area contributed by atoms with Gasteiger partial charge in [0.05, 0.1) is 6.61 Å². The van der Waals surface area contributed by atoms with E-state index in [0.717, 1.165) is 12.4 Å². The molecule has 0 aromatic heterocycles. The minimum absolute atomic E-state index is 0.698. The van der Waals surface area contributed by atoms with Crippen LogP contribution in [0.1, 0.15) is 12.8 Å². The molecule has 0 N–H and O–H groups in total. The highest BCUT2D eigenvalue weighted by atomic mass is 16.5. The van der Waals surface area contributed by atoms with E-state index in [1.807, 2.05) is 30.3 Å². The van der Waals surface area contributed by atoms with E-state index in [-0.39, 0.29) is 0 Å². The molecule has 82 valence electrons. The smallest absolute Gasteiger partial charge is 0.119 e. The number of piperidine rings is 1. The largest absolute Gasteiger partial charge is 0.493 e. The second-order valence-corrected chi connectivity index (χ2v) is 4.39. The maximum atomic E-state index is 5.77. The van der Waals surface area contributed by atoms with Crippen LogP contribution >= 0.6 is 0 Å². The van der Waals surface area contributed by atoms with Gasteiger partial charge in [-0.1, -0.05) is 18.2 Å². The average Bonchev–Trinajstić information content (AvgIpc) is 2.28. The molecule has 1 aliphatic rings. The molecule has 2 nitrogen and oxygen atoms in total. The lowest BCUT2D eigenvalue weighted by Gasteiger charge is -2.29. The van der Waals surface area contributed by atoms with Crippen LogP contribution in [0.25, 0.3) is 0 Å². The molecule has 1 unspecified atom stereocenters. The van der Waals surface area contributed by atoms with Crippen LogP contribution in [0.3, 0.4) is 0 Å². The Kier molecular flexibility index (Phi) is 3.62. The normalized spacial score (nSPS) is 22.6. The van der Waals surface area contributed by atoms with Crippen LogP contribution in [0.15, 0.2) is 30.3 Å². The summed E-state index contributed by atoms with van der Waals surface area (Å²) in [5, 5.41) is 0. The molecule has 1 atom stereocenters. The zero-order valence-electron chi connectivity index (χ0n) is 9.36. The van der Waals surface area contributed by atoms with Crippen molar-refractivity contribution in [3.63, 3.8) is 0 Å². The van der Waals surface area contributed by atoms with Crippen LogP contribution in [-0.2, 0) is 0 Å². The lowest BCUT2D eigenvalue weighted by atomic mass is 10.00. The van der Waals surface area contributed by atoms with Gasteiger partial charge >= 0.3 is 0 Å². The fourth-order valence-corrected chi connectivity index (χ4v) is 2.14. The molecule has 0 aliphatic carbocycles. The summed E-state index contributed by atoms with van der Waals surface area (Å²) in [7, 11) is 2.19. The van der Waals surface area contributed by atoms with Gasteiger partial charge in [0.1, 0.15) is 5.75 Å². The minimum atomic E-state index is 0.698. The Bertz CT molecular complexity index is 286. The number of nitrogens with zero attached hydrogens (tertiary/aromatic N) is 1. The first-order valence-corrected chi connectivity index (χ1v) is 5.71. The first kappa shape index (κ1) is 10.5. The predicted octanol–water partition coefficient (Wildman–Crippen LogP) is 2.41. The molecule has 1 heterocycles. The summed E-state index contributed by atoms with van der Waals surface area (Å²) in [4.78, 5) is 2.39. The Morgan fingerprint density at radius 3 is 2.87 bits per heavy atom. The molecule has 0 amide bonds. The molecule has 0 radical (unpaired) electrons. The number of para-hydroxylation sites is 1. The van der Waals surface area contributed by atoms with Crippen molar-refractivity contribution in [2.45, 2.75) is 12.8 Å². The van der Waals surface area contributed by atoms with E-state index in [0.29, 0.717) is 5.92 Å². The van der Waals surface area contributed by atoms with Gasteiger partial charge in [-0.2, -0.15) is 0 Å². The van der Waals surface area contributed by atoms with Crippen LogP contribution in [0.4, 0.5) is 0 Å². The summed E-state index contributed by atoms with van der Waals surface area (Å²) < 4.78 is 5.77. The SMILES string of the molecule is CN1CCCC(COc2ccccc2)C1. The number of likely N-dealkylation sites (tertiary alicyclic amines) is 1. The zero-order valence-corrected chi connectivity index (χ0v) is 9.36. The van der Waals surface area contributed by atoms with Crippen LogP contribution < -0.4 is 4.74 Å². The Labute approximate surface area is 91.9 Å². The van der Waals surface area contributed by atoms with Gasteiger partial charge in [0.2, 0.25) is 0 Å². The van der Waals surface area contributed by atoms with Crippen molar-refractivity contribution in [2.75, 3.05) is 26.7 Å². The summed E-state index contributed by atoms with van der Waals surface area (Å²) in [6.45, 7) is 3.27. The highest BCUT2D eigenvalue weighted by Crippen LogP contribution is 2.17. The third kappa shape index (κ3) is 3.24. The molecule has 0 saturated carbocycles. The number of rotatable bonds is 3. The molecule has 0 bridgehead atoms. The van der Waals surface area contributed by atoms with Crippen molar-refractivity contribution in [3.05, 3.63) is 30.3 Å². The topological polar surface area (TPSA) is 12.5 Å². The van der Waals surface area contributed by atoms with Gasteiger partial charge in [0.15, 0.2) is 0 Å². The van der Waals surface area contributed by atoms with Gasteiger partial charge in [-0.3, -0.25) is 0 Å². The fourth-order valence-electron chi connectivity index (χ4n) is 2.14. The summed E-state index contributed by atoms with van der Waals surface area (Å²) in [6.07, 6.45) is 2.61. The molecule has 1 saturated heterocycles. The van der Waals surface area contributed by atoms with E-state index in [1.54, 1.807) is 0 Å². The van der Waals surface area contributed by atoms with E-state index >= 15 is 0 Å². The van der Waals surface area contributed by atoms with Crippen molar-refractivity contribution in [3.8, 4) is 5.75 Å². The van der Waals surface area contributed by atoms with Gasteiger partial charge in [0.25, 0.3) is 0 Å². The molecular weight excluding hydrogens is 186 g/mol. The lowest BCUT2D eigenvalue weighted by molar-refractivity contribution is 0.150. The van der Waals surface area contributed by atoms with Crippen molar-refractivity contribution < 1.29 is 4.74 Å². The molecule has 0 spiro atoms. The molecule has 1 fully saturated rings. The summed E-state index contributed by atoms with van der Waals surface area (Å²) in [6, 6.07) is 10.1. The van der Waals surface area contributed by atoms with Crippen LogP contribution in [-0.4, -0.2) is 31.6 Å². The Hall–Kier alpha value is -1.02. The number of hydrogen-bond donors (Lipinski definition) is 0. The average molecular weight is 205 g/mol. The molecule has 2 rings (SSSR count). The quantitative estimate of drug-likeness (QED) is 0.751. The Morgan fingerprint density at radius 2 is 2.13 bits per heavy atom. The highest BCUT2D eigenvalue weighted by molar-refractivity contribution is 5.20. The van der Waals surface area contributed by atoms with Crippen molar-refractivity contribution in [2.24, 2.45) is 5.92 Å². The van der Waals surface area contributed by atoms with Gasteiger partial charge in [-0.25, -0.2) is 0 Å². The van der Waals surface area contributed by atoms with E-state index in [1.165, 1.54) is 25.9 Å². The van der Waals surface area contributed by atoms with Gasteiger partial charge in [-0.05, 0) is 38.6 Å². The van der Waals surface area contributed by atoms with Crippen LogP contribution in [0.2, 0.25) is 0 Å². The first-order chi connectivity index (χ1) is 7.34. The molecule has 1 aliphatic heterocycles. The third-order valence-electron chi connectivity index (χ3n) is 2.95. The van der Waals surface area contributed by atoms with Gasteiger partial charge in [-0.15, -0.1) is 0 Å². The second-order valence-electron chi connectivity index (χ2n) is 4.39. The Morgan fingerprint density at radius 1 is 1.33 bits per heavy atom. The minimum Gasteiger partial charge on any atom is -0.493 e. The van der Waals surface area contributed by atoms with Gasteiger partial charge < -0.3 is 9.64 Å². The number of hydrogen-bond acceptors (Lipinski definition) is 2. The molecule has 15 heavy (non-hydrogen) atoms. The van der Waals surface area contributed by atoms with E-state index in [2.05, 4.69) is 11.9 Å². The van der Waals surface area contributed by atoms with E-state index in [4.69, 9.17) is 4.74 Å². The maximum Gasteiger partial charge on any atom is 0.119 e. The van der Waals surface area contributed by atoms with Crippen LogP contribution in [0, 0.1) is 5.92 Å². The summed E-state index contributed by atoms with van der Waals surface area (Å²) in [5.74, 6) is 1.69.